The SMILES string of the molecule is Cc1ccnc(Cl)c1NC(=O)C(C)C(C)N. The van der Waals surface area contributed by atoms with Gasteiger partial charge in [-0.1, -0.05) is 18.5 Å². The van der Waals surface area contributed by atoms with E-state index in [1.807, 2.05) is 6.92 Å². The predicted molar refractivity (Wildman–Crippen MR) is 65.4 cm³/mol. The Balaban J connectivity index is 2.85. The molecule has 4 nitrogen and oxygen atoms in total. The topological polar surface area (TPSA) is 68.0 Å². The number of aryl methyl sites for hydroxylation is 1. The molecule has 0 spiro atoms. The van der Waals surface area contributed by atoms with Crippen LogP contribution in [0.5, 0.6) is 0 Å². The third kappa shape index (κ3) is 2.93. The molecule has 5 heteroatoms. The van der Waals surface area contributed by atoms with Crippen LogP contribution in [0.3, 0.4) is 0 Å². The molecule has 1 aromatic heterocycles. The Kier molecular flexibility index (Phi) is 4.26. The van der Waals surface area contributed by atoms with Crippen molar-refractivity contribution < 1.29 is 4.79 Å². The minimum absolute atomic E-state index is 0.145. The average Bonchev–Trinajstić information content (AvgIpc) is 2.22. The van der Waals surface area contributed by atoms with Gasteiger partial charge in [0.2, 0.25) is 5.91 Å². The fourth-order valence-corrected chi connectivity index (χ4v) is 1.40. The lowest BCUT2D eigenvalue weighted by molar-refractivity contribution is -0.119. The molecule has 0 aliphatic heterocycles. The van der Waals surface area contributed by atoms with Crippen molar-refractivity contribution >= 4 is 23.2 Å². The van der Waals surface area contributed by atoms with E-state index in [0.717, 1.165) is 5.56 Å². The lowest BCUT2D eigenvalue weighted by Gasteiger charge is -2.16. The van der Waals surface area contributed by atoms with Crippen LogP contribution < -0.4 is 11.1 Å². The lowest BCUT2D eigenvalue weighted by Crippen LogP contribution is -2.34. The van der Waals surface area contributed by atoms with Crippen molar-refractivity contribution in [2.45, 2.75) is 26.8 Å². The highest BCUT2D eigenvalue weighted by Gasteiger charge is 2.18. The summed E-state index contributed by atoms with van der Waals surface area (Å²) in [5, 5.41) is 3.04. The molecule has 1 rings (SSSR count). The number of aromatic nitrogens is 1. The van der Waals surface area contributed by atoms with Gasteiger partial charge in [-0.25, -0.2) is 4.98 Å². The number of amides is 1. The maximum atomic E-state index is 11.8. The number of nitrogens with one attached hydrogen (secondary N) is 1. The first-order chi connectivity index (χ1) is 7.43. The van der Waals surface area contributed by atoms with Gasteiger partial charge in [0.25, 0.3) is 0 Å². The first-order valence-corrected chi connectivity index (χ1v) is 5.48. The number of rotatable bonds is 3. The number of carbonyl (C=O) groups is 1. The average molecular weight is 242 g/mol. The van der Waals surface area contributed by atoms with Crippen LogP contribution in [-0.2, 0) is 4.79 Å². The molecule has 1 aromatic rings. The standard InChI is InChI=1S/C11H16ClN3O/c1-6-4-5-14-10(12)9(6)15-11(16)7(2)8(3)13/h4-5,7-8H,13H2,1-3H3,(H,15,16). The molecule has 1 amide bonds. The molecular weight excluding hydrogens is 226 g/mol. The van der Waals surface area contributed by atoms with E-state index in [9.17, 15) is 4.79 Å². The molecule has 0 saturated heterocycles. The van der Waals surface area contributed by atoms with E-state index in [-0.39, 0.29) is 17.9 Å². The van der Waals surface area contributed by atoms with Crippen molar-refractivity contribution in [2.24, 2.45) is 11.7 Å². The summed E-state index contributed by atoms with van der Waals surface area (Å²) in [6, 6.07) is 1.59. The molecule has 2 unspecified atom stereocenters. The molecule has 1 heterocycles. The molecule has 0 radical (unpaired) electrons. The Labute approximate surface area is 100 Å². The van der Waals surface area contributed by atoms with Crippen molar-refractivity contribution in [3.05, 3.63) is 23.0 Å². The number of pyridine rings is 1. The second-order valence-electron chi connectivity index (χ2n) is 3.93. The number of carbonyl (C=O) groups excluding carboxylic acids is 1. The number of nitrogens with two attached hydrogens (primary N) is 1. The summed E-state index contributed by atoms with van der Waals surface area (Å²) < 4.78 is 0. The van der Waals surface area contributed by atoms with E-state index >= 15 is 0 Å². The smallest absolute Gasteiger partial charge is 0.228 e. The summed E-state index contributed by atoms with van der Waals surface area (Å²) in [6.45, 7) is 5.43. The highest BCUT2D eigenvalue weighted by molar-refractivity contribution is 6.32. The zero-order valence-electron chi connectivity index (χ0n) is 9.62. The van der Waals surface area contributed by atoms with Gasteiger partial charge in [-0.15, -0.1) is 0 Å². The fourth-order valence-electron chi connectivity index (χ4n) is 1.15. The van der Waals surface area contributed by atoms with Gasteiger partial charge in [0.05, 0.1) is 11.6 Å². The Morgan fingerprint density at radius 2 is 2.19 bits per heavy atom. The quantitative estimate of drug-likeness (QED) is 0.795. The third-order valence-corrected chi connectivity index (χ3v) is 2.85. The summed E-state index contributed by atoms with van der Waals surface area (Å²) in [4.78, 5) is 15.7. The van der Waals surface area contributed by atoms with Gasteiger partial charge < -0.3 is 11.1 Å². The number of halogens is 1. The van der Waals surface area contributed by atoms with E-state index in [0.29, 0.717) is 10.8 Å². The number of nitrogens with zero attached hydrogens (tertiary/aromatic N) is 1. The molecule has 0 saturated carbocycles. The first kappa shape index (κ1) is 12.9. The molecule has 0 aliphatic rings. The number of hydrogen-bond acceptors (Lipinski definition) is 3. The fraction of sp³-hybridized carbons (Fsp3) is 0.455. The normalized spacial score (nSPS) is 14.3. The van der Waals surface area contributed by atoms with Crippen LogP contribution >= 0.6 is 11.6 Å². The molecule has 0 aliphatic carbocycles. The second kappa shape index (κ2) is 5.27. The number of hydrogen-bond donors (Lipinski definition) is 2. The highest BCUT2D eigenvalue weighted by atomic mass is 35.5. The molecule has 0 aromatic carbocycles. The Bertz CT molecular complexity index is 373. The van der Waals surface area contributed by atoms with Crippen molar-refractivity contribution in [2.75, 3.05) is 5.32 Å². The Hall–Kier alpha value is -1.13. The minimum atomic E-state index is -0.268. The summed E-state index contributed by atoms with van der Waals surface area (Å²) in [6.07, 6.45) is 1.60. The zero-order valence-corrected chi connectivity index (χ0v) is 10.4. The van der Waals surface area contributed by atoms with Gasteiger partial charge in [-0.3, -0.25) is 4.79 Å². The minimum Gasteiger partial charge on any atom is -0.327 e. The molecule has 2 atom stereocenters. The van der Waals surface area contributed by atoms with Crippen LogP contribution in [0.2, 0.25) is 5.15 Å². The first-order valence-electron chi connectivity index (χ1n) is 5.11. The lowest BCUT2D eigenvalue weighted by atomic mass is 10.0. The summed E-state index contributed by atoms with van der Waals surface area (Å²) in [5.41, 5.74) is 7.09. The molecule has 88 valence electrons. The van der Waals surface area contributed by atoms with Gasteiger partial charge in [0.1, 0.15) is 0 Å². The molecular formula is C11H16ClN3O. The van der Waals surface area contributed by atoms with Crippen LogP contribution in [0.15, 0.2) is 12.3 Å². The summed E-state index contributed by atoms with van der Waals surface area (Å²) in [5.74, 6) is -0.413. The monoisotopic (exact) mass is 241 g/mol. The summed E-state index contributed by atoms with van der Waals surface area (Å²) in [7, 11) is 0. The van der Waals surface area contributed by atoms with Crippen LogP contribution in [0.25, 0.3) is 0 Å². The molecule has 16 heavy (non-hydrogen) atoms. The maximum absolute atomic E-state index is 11.8. The van der Waals surface area contributed by atoms with Gasteiger partial charge in [-0.2, -0.15) is 0 Å². The Morgan fingerprint density at radius 3 is 2.69 bits per heavy atom. The van der Waals surface area contributed by atoms with Crippen LogP contribution in [0.1, 0.15) is 19.4 Å². The third-order valence-electron chi connectivity index (χ3n) is 2.56. The molecule has 0 bridgehead atoms. The maximum Gasteiger partial charge on any atom is 0.228 e. The Morgan fingerprint density at radius 1 is 1.56 bits per heavy atom. The predicted octanol–water partition coefficient (Wildman–Crippen LogP) is 1.97. The van der Waals surface area contributed by atoms with Crippen LogP contribution in [0.4, 0.5) is 5.69 Å². The van der Waals surface area contributed by atoms with Crippen molar-refractivity contribution in [1.29, 1.82) is 0 Å². The molecule has 3 N–H and O–H groups in total. The van der Waals surface area contributed by atoms with Crippen molar-refractivity contribution in [3.63, 3.8) is 0 Å². The van der Waals surface area contributed by atoms with E-state index in [1.165, 1.54) is 0 Å². The molecule has 0 fully saturated rings. The van der Waals surface area contributed by atoms with E-state index < -0.39 is 0 Å². The van der Waals surface area contributed by atoms with E-state index in [4.69, 9.17) is 17.3 Å². The summed E-state index contributed by atoms with van der Waals surface area (Å²) >= 11 is 5.90. The van der Waals surface area contributed by atoms with Gasteiger partial charge in [0.15, 0.2) is 5.15 Å². The van der Waals surface area contributed by atoms with Gasteiger partial charge in [0, 0.05) is 12.2 Å². The largest absolute Gasteiger partial charge is 0.327 e. The van der Waals surface area contributed by atoms with Gasteiger partial charge >= 0.3 is 0 Å². The van der Waals surface area contributed by atoms with Crippen LogP contribution in [-0.4, -0.2) is 16.9 Å². The van der Waals surface area contributed by atoms with E-state index in [2.05, 4.69) is 10.3 Å². The van der Waals surface area contributed by atoms with Gasteiger partial charge in [-0.05, 0) is 25.5 Å². The van der Waals surface area contributed by atoms with E-state index in [1.54, 1.807) is 26.1 Å². The second-order valence-corrected chi connectivity index (χ2v) is 4.29. The number of anilines is 1. The van der Waals surface area contributed by atoms with Crippen LogP contribution in [0, 0.1) is 12.8 Å². The van der Waals surface area contributed by atoms with Crippen molar-refractivity contribution in [3.8, 4) is 0 Å². The zero-order chi connectivity index (χ0) is 12.3. The highest BCUT2D eigenvalue weighted by Crippen LogP contribution is 2.23. The van der Waals surface area contributed by atoms with Crippen molar-refractivity contribution in [1.82, 2.24) is 4.98 Å².